The van der Waals surface area contributed by atoms with Crippen LogP contribution < -0.4 is 0 Å². The molecule has 6 heteroatoms. The second-order valence-electron chi connectivity index (χ2n) is 2.05. The minimum absolute atomic E-state index is 0.109. The predicted octanol–water partition coefficient (Wildman–Crippen LogP) is -0.588. The Bertz CT molecular complexity index is 244. The van der Waals surface area contributed by atoms with Crippen LogP contribution in [0.15, 0.2) is 0 Å². The molecule has 0 aromatic heterocycles. The molecule has 0 radical (unpaired) electrons. The van der Waals surface area contributed by atoms with Crippen LogP contribution in [0.5, 0.6) is 0 Å². The van der Waals surface area contributed by atoms with Gasteiger partial charge in [-0.25, -0.2) is 4.31 Å². The van der Waals surface area contributed by atoms with Crippen LogP contribution in [0.2, 0.25) is 0 Å². The van der Waals surface area contributed by atoms with E-state index in [9.17, 15) is 13.2 Å². The molecule has 0 aromatic carbocycles. The summed E-state index contributed by atoms with van der Waals surface area (Å²) in [6.45, 7) is 0.109. The summed E-state index contributed by atoms with van der Waals surface area (Å²) in [5.41, 5.74) is 0. The number of nitrogens with zero attached hydrogens (tertiary/aromatic N) is 1. The smallest absolute Gasteiger partial charge is 0.274 e. The maximum absolute atomic E-state index is 10.6. The van der Waals surface area contributed by atoms with Crippen LogP contribution >= 0.6 is 0 Å². The Balaban J connectivity index is 2.84. The van der Waals surface area contributed by atoms with Crippen molar-refractivity contribution in [3.8, 4) is 0 Å². The van der Waals surface area contributed by atoms with E-state index < -0.39 is 16.2 Å². The lowest BCUT2D eigenvalue weighted by atomic mass is 10.4. The van der Waals surface area contributed by atoms with Crippen molar-refractivity contribution in [3.63, 3.8) is 0 Å². The van der Waals surface area contributed by atoms with E-state index in [2.05, 4.69) is 0 Å². The highest BCUT2D eigenvalue weighted by atomic mass is 32.2. The van der Waals surface area contributed by atoms with Gasteiger partial charge in [-0.1, -0.05) is 0 Å². The molecule has 0 saturated carbocycles. The average Bonchev–Trinajstić information content (AvgIpc) is 2.11. The maximum Gasteiger partial charge on any atom is 0.362 e. The molecule has 58 valence electrons. The van der Waals surface area contributed by atoms with Crippen molar-refractivity contribution >= 4 is 16.2 Å². The van der Waals surface area contributed by atoms with Crippen molar-refractivity contribution in [1.82, 2.24) is 4.31 Å². The van der Waals surface area contributed by atoms with Crippen LogP contribution in [0.25, 0.3) is 0 Å². The van der Waals surface area contributed by atoms with E-state index in [1.54, 1.807) is 0 Å². The van der Waals surface area contributed by atoms with Gasteiger partial charge in [0, 0.05) is 13.0 Å². The highest BCUT2D eigenvalue weighted by Gasteiger charge is 2.29. The maximum atomic E-state index is 10.6. The van der Waals surface area contributed by atoms with Crippen molar-refractivity contribution in [1.29, 1.82) is 0 Å². The molecule has 10 heavy (non-hydrogen) atoms. The molecule has 0 aliphatic carbocycles. The van der Waals surface area contributed by atoms with Crippen molar-refractivity contribution < 1.29 is 17.8 Å². The molecular weight excluding hydrogens is 158 g/mol. The zero-order valence-corrected chi connectivity index (χ0v) is 5.97. The molecule has 1 fully saturated rings. The van der Waals surface area contributed by atoms with E-state index in [0.29, 0.717) is 10.7 Å². The Morgan fingerprint density at radius 2 is 2.10 bits per heavy atom. The third kappa shape index (κ3) is 1.27. The van der Waals surface area contributed by atoms with Gasteiger partial charge >= 0.3 is 10.3 Å². The first-order chi connectivity index (χ1) is 4.52. The van der Waals surface area contributed by atoms with E-state index in [-0.39, 0.29) is 13.0 Å². The summed E-state index contributed by atoms with van der Waals surface area (Å²) in [5.74, 6) is -0.525. The number of amides is 1. The molecule has 0 bridgehead atoms. The Kier molecular flexibility index (Phi) is 1.65. The fraction of sp³-hybridized carbons (Fsp3) is 0.750. The van der Waals surface area contributed by atoms with Crippen LogP contribution in [0.3, 0.4) is 0 Å². The zero-order chi connectivity index (χ0) is 7.78. The number of carbonyl (C=O) groups excluding carboxylic acids is 1. The van der Waals surface area contributed by atoms with E-state index in [1.807, 2.05) is 0 Å². The Labute approximate surface area is 58.5 Å². The first-order valence-electron chi connectivity index (χ1n) is 2.80. The topological polar surface area (TPSA) is 74.7 Å². The van der Waals surface area contributed by atoms with Gasteiger partial charge in [0.2, 0.25) is 5.91 Å². The second kappa shape index (κ2) is 2.21. The summed E-state index contributed by atoms with van der Waals surface area (Å²) < 4.78 is 29.5. The van der Waals surface area contributed by atoms with Crippen LogP contribution in [0.4, 0.5) is 0 Å². The molecule has 0 atom stereocenters. The van der Waals surface area contributed by atoms with Crippen molar-refractivity contribution in [2.45, 2.75) is 12.8 Å². The SMILES string of the molecule is O=C1CCCN1S(=O)(=O)O. The second-order valence-corrected chi connectivity index (χ2v) is 3.38. The average molecular weight is 165 g/mol. The molecule has 5 nitrogen and oxygen atoms in total. The van der Waals surface area contributed by atoms with Gasteiger partial charge in [-0.3, -0.25) is 9.35 Å². The van der Waals surface area contributed by atoms with Crippen molar-refractivity contribution in [2.24, 2.45) is 0 Å². The number of rotatable bonds is 1. The van der Waals surface area contributed by atoms with E-state index in [1.165, 1.54) is 0 Å². The number of hydrogen-bond donors (Lipinski definition) is 1. The van der Waals surface area contributed by atoms with E-state index in [4.69, 9.17) is 4.55 Å². The summed E-state index contributed by atoms with van der Waals surface area (Å²) in [5, 5.41) is 0. The lowest BCUT2D eigenvalue weighted by molar-refractivity contribution is -0.123. The minimum atomic E-state index is -4.27. The van der Waals surface area contributed by atoms with Gasteiger partial charge in [0.15, 0.2) is 0 Å². The standard InChI is InChI=1S/C4H7NO4S/c6-4-2-1-3-5(4)10(7,8)9/h1-3H2,(H,7,8,9). The van der Waals surface area contributed by atoms with Crippen LogP contribution in [-0.4, -0.2) is 29.7 Å². The third-order valence-electron chi connectivity index (χ3n) is 1.31. The molecule has 1 aliphatic rings. The van der Waals surface area contributed by atoms with Crippen molar-refractivity contribution in [2.75, 3.05) is 6.54 Å². The first-order valence-corrected chi connectivity index (χ1v) is 4.19. The summed E-state index contributed by atoms with van der Waals surface area (Å²) in [6, 6.07) is 0. The molecule has 0 unspecified atom stereocenters. The molecule has 1 aliphatic heterocycles. The fourth-order valence-corrected chi connectivity index (χ4v) is 1.58. The quantitative estimate of drug-likeness (QED) is 0.527. The predicted molar refractivity (Wildman–Crippen MR) is 32.5 cm³/mol. The fourth-order valence-electron chi connectivity index (χ4n) is 0.867. The summed E-state index contributed by atoms with van der Waals surface area (Å²) in [4.78, 5) is 10.6. The Morgan fingerprint density at radius 3 is 2.30 bits per heavy atom. The van der Waals surface area contributed by atoms with Crippen molar-refractivity contribution in [3.05, 3.63) is 0 Å². The molecular formula is C4H7NO4S. The third-order valence-corrected chi connectivity index (χ3v) is 2.25. The highest BCUT2D eigenvalue weighted by molar-refractivity contribution is 7.84. The summed E-state index contributed by atoms with van der Waals surface area (Å²) in [7, 11) is -4.27. The van der Waals surface area contributed by atoms with Gasteiger partial charge in [-0.05, 0) is 6.42 Å². The normalized spacial score (nSPS) is 20.1. The molecule has 1 rings (SSSR count). The van der Waals surface area contributed by atoms with Gasteiger partial charge < -0.3 is 0 Å². The van der Waals surface area contributed by atoms with Gasteiger partial charge in [-0.2, -0.15) is 8.42 Å². The van der Waals surface area contributed by atoms with E-state index in [0.717, 1.165) is 0 Å². The molecule has 1 heterocycles. The Hall–Kier alpha value is -0.620. The van der Waals surface area contributed by atoms with E-state index >= 15 is 0 Å². The minimum Gasteiger partial charge on any atom is -0.274 e. The molecule has 0 aromatic rings. The lowest BCUT2D eigenvalue weighted by Gasteiger charge is -2.08. The largest absolute Gasteiger partial charge is 0.362 e. The summed E-state index contributed by atoms with van der Waals surface area (Å²) >= 11 is 0. The summed E-state index contributed by atoms with van der Waals surface area (Å²) in [6.07, 6.45) is 0.707. The highest BCUT2D eigenvalue weighted by Crippen LogP contribution is 2.12. The molecule has 1 N–H and O–H groups in total. The number of hydrogen-bond acceptors (Lipinski definition) is 3. The van der Waals surface area contributed by atoms with Gasteiger partial charge in [-0.15, -0.1) is 0 Å². The Morgan fingerprint density at radius 1 is 1.50 bits per heavy atom. The lowest BCUT2D eigenvalue weighted by Crippen LogP contribution is -2.30. The van der Waals surface area contributed by atoms with Crippen LogP contribution in [-0.2, 0) is 15.1 Å². The molecule has 1 saturated heterocycles. The van der Waals surface area contributed by atoms with Gasteiger partial charge in [0.1, 0.15) is 0 Å². The number of carbonyl (C=O) groups is 1. The first kappa shape index (κ1) is 7.49. The molecule has 0 spiro atoms. The van der Waals surface area contributed by atoms with Crippen LogP contribution in [0.1, 0.15) is 12.8 Å². The zero-order valence-electron chi connectivity index (χ0n) is 5.15. The molecule has 1 amide bonds. The van der Waals surface area contributed by atoms with Crippen LogP contribution in [0, 0.1) is 0 Å². The van der Waals surface area contributed by atoms with Gasteiger partial charge in [0.05, 0.1) is 0 Å². The van der Waals surface area contributed by atoms with Gasteiger partial charge in [0.25, 0.3) is 0 Å². The monoisotopic (exact) mass is 165 g/mol.